The molecule has 0 saturated carbocycles. The topological polar surface area (TPSA) is 39.1 Å². The molecule has 0 aromatic carbocycles. The predicted octanol–water partition coefficient (Wildman–Crippen LogP) is 1.25. The van der Waals surface area contributed by atoms with Crippen LogP contribution in [-0.4, -0.2) is 28.5 Å². The van der Waals surface area contributed by atoms with Gasteiger partial charge < -0.3 is 10.1 Å². The van der Waals surface area contributed by atoms with Crippen LogP contribution in [0.3, 0.4) is 0 Å². The Morgan fingerprint density at radius 3 is 3.00 bits per heavy atom. The summed E-state index contributed by atoms with van der Waals surface area (Å²) in [6.07, 6.45) is 2.48. The van der Waals surface area contributed by atoms with Crippen LogP contribution in [0.25, 0.3) is 0 Å². The lowest BCUT2D eigenvalue weighted by molar-refractivity contribution is 0.132. The lowest BCUT2D eigenvalue weighted by Gasteiger charge is -2.28. The van der Waals surface area contributed by atoms with Gasteiger partial charge in [0.2, 0.25) is 5.88 Å². The molecule has 0 spiro atoms. The van der Waals surface area contributed by atoms with Crippen LogP contribution >= 0.6 is 0 Å². The van der Waals surface area contributed by atoms with Gasteiger partial charge in [-0.2, -0.15) is 5.10 Å². The number of hydrogen-bond donors (Lipinski definition) is 1. The third kappa shape index (κ3) is 2.50. The van der Waals surface area contributed by atoms with Gasteiger partial charge in [-0.25, -0.2) is 4.68 Å². The molecule has 0 bridgehead atoms. The van der Waals surface area contributed by atoms with Crippen LogP contribution in [0.15, 0.2) is 6.07 Å². The molecule has 84 valence electrons. The molecule has 1 aromatic heterocycles. The Bertz CT molecular complexity index is 335. The van der Waals surface area contributed by atoms with Crippen molar-refractivity contribution in [2.24, 2.45) is 7.05 Å². The van der Waals surface area contributed by atoms with Gasteiger partial charge in [0.25, 0.3) is 0 Å². The predicted molar refractivity (Wildman–Crippen MR) is 59.1 cm³/mol. The molecule has 1 fully saturated rings. The number of aryl methyl sites for hydroxylation is 2. The monoisotopic (exact) mass is 209 g/mol. The van der Waals surface area contributed by atoms with E-state index in [2.05, 4.69) is 17.3 Å². The molecule has 1 N–H and O–H groups in total. The third-order valence-electron chi connectivity index (χ3n) is 2.82. The number of hydrogen-bond acceptors (Lipinski definition) is 3. The molecule has 4 heteroatoms. The van der Waals surface area contributed by atoms with E-state index in [0.29, 0.717) is 12.1 Å². The molecule has 15 heavy (non-hydrogen) atoms. The second kappa shape index (κ2) is 4.23. The van der Waals surface area contributed by atoms with E-state index in [9.17, 15) is 0 Å². The average Bonchev–Trinajstić information content (AvgIpc) is 2.45. The first-order chi connectivity index (χ1) is 7.15. The molecule has 4 nitrogen and oxygen atoms in total. The van der Waals surface area contributed by atoms with Crippen molar-refractivity contribution < 1.29 is 4.74 Å². The highest BCUT2D eigenvalue weighted by Crippen LogP contribution is 2.18. The lowest BCUT2D eigenvalue weighted by atomic mass is 10.0. The Kier molecular flexibility index (Phi) is 2.95. The average molecular weight is 209 g/mol. The molecule has 2 unspecified atom stereocenters. The van der Waals surface area contributed by atoms with E-state index in [1.165, 1.54) is 0 Å². The number of ether oxygens (including phenoxy) is 1. The molecule has 1 saturated heterocycles. The highest BCUT2D eigenvalue weighted by atomic mass is 16.5. The summed E-state index contributed by atoms with van der Waals surface area (Å²) in [5, 5.41) is 7.69. The first kappa shape index (κ1) is 10.5. The molecule has 2 rings (SSSR count). The number of aromatic nitrogens is 2. The van der Waals surface area contributed by atoms with Crippen LogP contribution in [0.4, 0.5) is 0 Å². The molecule has 0 aliphatic carbocycles. The Morgan fingerprint density at radius 2 is 2.40 bits per heavy atom. The summed E-state index contributed by atoms with van der Waals surface area (Å²) in [6, 6.07) is 2.55. The molecular formula is C11H19N3O. The summed E-state index contributed by atoms with van der Waals surface area (Å²) in [7, 11) is 1.92. The van der Waals surface area contributed by atoms with E-state index in [-0.39, 0.29) is 0 Å². The van der Waals surface area contributed by atoms with Gasteiger partial charge in [-0.1, -0.05) is 0 Å². The number of nitrogens with zero attached hydrogens (tertiary/aromatic N) is 2. The van der Waals surface area contributed by atoms with Crippen LogP contribution in [0.1, 0.15) is 25.5 Å². The fourth-order valence-electron chi connectivity index (χ4n) is 2.06. The zero-order valence-corrected chi connectivity index (χ0v) is 9.66. The van der Waals surface area contributed by atoms with Gasteiger partial charge in [-0.05, 0) is 33.2 Å². The Morgan fingerprint density at radius 1 is 1.60 bits per heavy atom. The van der Waals surface area contributed by atoms with Gasteiger partial charge in [0.05, 0.1) is 5.69 Å². The van der Waals surface area contributed by atoms with Crippen molar-refractivity contribution in [3.8, 4) is 5.88 Å². The van der Waals surface area contributed by atoms with Crippen LogP contribution in [0, 0.1) is 6.92 Å². The third-order valence-corrected chi connectivity index (χ3v) is 2.82. The fraction of sp³-hybridized carbons (Fsp3) is 0.727. The minimum atomic E-state index is 0.330. The minimum absolute atomic E-state index is 0.330. The molecule has 1 aromatic rings. The summed E-state index contributed by atoms with van der Waals surface area (Å²) >= 11 is 0. The van der Waals surface area contributed by atoms with Gasteiger partial charge in [0.15, 0.2) is 0 Å². The highest BCUT2D eigenvalue weighted by Gasteiger charge is 2.20. The number of piperidine rings is 1. The van der Waals surface area contributed by atoms with Crippen molar-refractivity contribution >= 4 is 0 Å². The normalized spacial score (nSPS) is 26.6. The van der Waals surface area contributed by atoms with Crippen molar-refractivity contribution in [3.63, 3.8) is 0 Å². The van der Waals surface area contributed by atoms with Crippen LogP contribution in [-0.2, 0) is 7.05 Å². The highest BCUT2D eigenvalue weighted by molar-refractivity contribution is 5.14. The zero-order chi connectivity index (χ0) is 10.8. The Hall–Kier alpha value is -1.03. The van der Waals surface area contributed by atoms with Crippen LogP contribution < -0.4 is 10.1 Å². The maximum atomic E-state index is 5.94. The first-order valence-corrected chi connectivity index (χ1v) is 5.56. The molecule has 1 aliphatic rings. The van der Waals surface area contributed by atoms with Gasteiger partial charge >= 0.3 is 0 Å². The second-order valence-electron chi connectivity index (χ2n) is 4.37. The second-order valence-corrected chi connectivity index (χ2v) is 4.37. The minimum Gasteiger partial charge on any atom is -0.474 e. The summed E-state index contributed by atoms with van der Waals surface area (Å²) in [4.78, 5) is 0. The standard InChI is InChI=1S/C11H19N3O/c1-8-6-10(4-5-12-8)15-11-7-9(2)13-14(11)3/h7-8,10,12H,4-6H2,1-3H3. The number of rotatable bonds is 2. The Balaban J connectivity index is 1.99. The quantitative estimate of drug-likeness (QED) is 0.796. The Labute approximate surface area is 90.6 Å². The van der Waals surface area contributed by atoms with E-state index < -0.39 is 0 Å². The smallest absolute Gasteiger partial charge is 0.211 e. The lowest BCUT2D eigenvalue weighted by Crippen LogP contribution is -2.40. The van der Waals surface area contributed by atoms with E-state index in [1.54, 1.807) is 0 Å². The van der Waals surface area contributed by atoms with Gasteiger partial charge in [0.1, 0.15) is 6.10 Å². The molecule has 0 radical (unpaired) electrons. The van der Waals surface area contributed by atoms with E-state index in [0.717, 1.165) is 31.0 Å². The van der Waals surface area contributed by atoms with E-state index >= 15 is 0 Å². The van der Waals surface area contributed by atoms with Crippen molar-refractivity contribution in [1.82, 2.24) is 15.1 Å². The van der Waals surface area contributed by atoms with Crippen molar-refractivity contribution in [3.05, 3.63) is 11.8 Å². The summed E-state index contributed by atoms with van der Waals surface area (Å²) < 4.78 is 7.75. The van der Waals surface area contributed by atoms with Gasteiger partial charge in [-0.15, -0.1) is 0 Å². The van der Waals surface area contributed by atoms with Crippen LogP contribution in [0.2, 0.25) is 0 Å². The van der Waals surface area contributed by atoms with Crippen molar-refractivity contribution in [2.75, 3.05) is 6.54 Å². The summed E-state index contributed by atoms with van der Waals surface area (Å²) in [5.41, 5.74) is 1.01. The van der Waals surface area contributed by atoms with E-state index in [4.69, 9.17) is 4.74 Å². The molecule has 2 heterocycles. The fourth-order valence-corrected chi connectivity index (χ4v) is 2.06. The first-order valence-electron chi connectivity index (χ1n) is 5.56. The molecule has 2 atom stereocenters. The molecular weight excluding hydrogens is 190 g/mol. The maximum Gasteiger partial charge on any atom is 0.211 e. The summed E-state index contributed by atoms with van der Waals surface area (Å²) in [6.45, 7) is 5.23. The van der Waals surface area contributed by atoms with E-state index in [1.807, 2.05) is 24.7 Å². The maximum absolute atomic E-state index is 5.94. The SMILES string of the molecule is Cc1cc(OC2CCNC(C)C2)n(C)n1. The van der Waals surface area contributed by atoms with Crippen LogP contribution in [0.5, 0.6) is 5.88 Å². The number of nitrogens with one attached hydrogen (secondary N) is 1. The molecule has 1 aliphatic heterocycles. The zero-order valence-electron chi connectivity index (χ0n) is 9.66. The van der Waals surface area contributed by atoms with Gasteiger partial charge in [-0.3, -0.25) is 0 Å². The largest absolute Gasteiger partial charge is 0.474 e. The van der Waals surface area contributed by atoms with Crippen molar-refractivity contribution in [1.29, 1.82) is 0 Å². The van der Waals surface area contributed by atoms with Crippen molar-refractivity contribution in [2.45, 2.75) is 38.8 Å². The summed E-state index contributed by atoms with van der Waals surface area (Å²) in [5.74, 6) is 0.881. The molecule has 0 amide bonds. The van der Waals surface area contributed by atoms with Gasteiger partial charge in [0, 0.05) is 19.2 Å².